The first kappa shape index (κ1) is 21.9. The van der Waals surface area contributed by atoms with Gasteiger partial charge in [-0.1, -0.05) is 35.3 Å². The van der Waals surface area contributed by atoms with Crippen molar-refractivity contribution in [3.8, 4) is 5.75 Å². The van der Waals surface area contributed by atoms with Crippen LogP contribution in [-0.2, 0) is 13.3 Å². The van der Waals surface area contributed by atoms with Gasteiger partial charge in [0.15, 0.2) is 12.4 Å². The molecule has 0 aliphatic rings. The van der Waals surface area contributed by atoms with Crippen molar-refractivity contribution in [3.63, 3.8) is 0 Å². The van der Waals surface area contributed by atoms with E-state index in [4.69, 9.17) is 27.9 Å². The Hall–Kier alpha value is -3.29. The zero-order valence-electron chi connectivity index (χ0n) is 17.5. The molecule has 0 saturated heterocycles. The summed E-state index contributed by atoms with van der Waals surface area (Å²) >= 11 is 12.0. The van der Waals surface area contributed by atoms with Crippen LogP contribution in [0.1, 0.15) is 27.4 Å². The molecule has 0 spiro atoms. The highest BCUT2D eigenvalue weighted by Crippen LogP contribution is 2.22. The highest BCUT2D eigenvalue weighted by Gasteiger charge is 2.17. The summed E-state index contributed by atoms with van der Waals surface area (Å²) in [5, 5.41) is 13.1. The van der Waals surface area contributed by atoms with Gasteiger partial charge in [0.25, 0.3) is 5.91 Å². The van der Waals surface area contributed by atoms with E-state index in [2.05, 4.69) is 15.5 Å². The number of nitrogens with zero attached hydrogens (tertiary/aromatic N) is 4. The molecule has 164 valence electrons. The fourth-order valence-electron chi connectivity index (χ4n) is 3.24. The van der Waals surface area contributed by atoms with Crippen molar-refractivity contribution in [1.82, 2.24) is 19.6 Å². The molecule has 9 heteroatoms. The molecule has 7 nitrogen and oxygen atoms in total. The van der Waals surface area contributed by atoms with E-state index in [1.165, 1.54) is 0 Å². The van der Waals surface area contributed by atoms with Gasteiger partial charge in [0.05, 0.1) is 23.6 Å². The zero-order chi connectivity index (χ0) is 22.7. The normalized spacial score (nSPS) is 10.9. The first-order chi connectivity index (χ1) is 15.4. The number of ether oxygens (including phenoxy) is 1. The molecular weight excluding hydrogens is 449 g/mol. The number of benzene rings is 2. The maximum atomic E-state index is 12.8. The number of halogens is 2. The highest BCUT2D eigenvalue weighted by atomic mass is 35.5. The van der Waals surface area contributed by atoms with Crippen LogP contribution in [0, 0.1) is 13.8 Å². The Kier molecular flexibility index (Phi) is 6.48. The maximum Gasteiger partial charge on any atom is 0.276 e. The topological polar surface area (TPSA) is 74.0 Å². The van der Waals surface area contributed by atoms with Crippen LogP contribution in [-0.4, -0.2) is 25.5 Å². The Morgan fingerprint density at radius 3 is 2.56 bits per heavy atom. The number of hydrogen-bond donors (Lipinski definition) is 1. The van der Waals surface area contributed by atoms with Gasteiger partial charge in [-0.05, 0) is 61.9 Å². The molecule has 2 aromatic carbocycles. The Morgan fingerprint density at radius 1 is 1.03 bits per heavy atom. The van der Waals surface area contributed by atoms with E-state index in [-0.39, 0.29) is 18.3 Å². The molecule has 2 aromatic heterocycles. The van der Waals surface area contributed by atoms with E-state index in [0.29, 0.717) is 28.0 Å². The fraction of sp³-hybridized carbons (Fsp3) is 0.174. The summed E-state index contributed by atoms with van der Waals surface area (Å²) in [7, 11) is 0. The lowest BCUT2D eigenvalue weighted by atomic mass is 10.2. The van der Waals surface area contributed by atoms with E-state index in [1.807, 2.05) is 42.8 Å². The summed E-state index contributed by atoms with van der Waals surface area (Å²) < 4.78 is 9.04. The maximum absolute atomic E-state index is 12.8. The predicted octanol–water partition coefficient (Wildman–Crippen LogP) is 5.34. The largest absolute Gasteiger partial charge is 0.471 e. The smallest absolute Gasteiger partial charge is 0.276 e. The zero-order valence-corrected chi connectivity index (χ0v) is 19.1. The molecule has 0 saturated carbocycles. The molecule has 0 aliphatic carbocycles. The molecule has 0 unspecified atom stereocenters. The number of carbonyl (C=O) groups excluding carboxylic acids is 1. The molecule has 1 amide bonds. The average molecular weight is 470 g/mol. The molecule has 4 aromatic rings. The SMILES string of the molecule is Cc1nn(Cc2cccc(Cl)c2)c(C)c1NC(=O)c1ccn(COc2ccc(Cl)cc2)n1. The van der Waals surface area contributed by atoms with Gasteiger partial charge in [-0.2, -0.15) is 10.2 Å². The van der Waals surface area contributed by atoms with Crippen LogP contribution in [0.2, 0.25) is 10.0 Å². The van der Waals surface area contributed by atoms with Crippen molar-refractivity contribution >= 4 is 34.8 Å². The van der Waals surface area contributed by atoms with E-state index in [1.54, 1.807) is 41.2 Å². The van der Waals surface area contributed by atoms with Gasteiger partial charge in [-0.15, -0.1) is 0 Å². The molecule has 32 heavy (non-hydrogen) atoms. The fourth-order valence-corrected chi connectivity index (χ4v) is 3.58. The van der Waals surface area contributed by atoms with Crippen LogP contribution in [0.3, 0.4) is 0 Å². The van der Waals surface area contributed by atoms with Crippen LogP contribution in [0.15, 0.2) is 60.8 Å². The summed E-state index contributed by atoms with van der Waals surface area (Å²) in [5.41, 5.74) is 3.56. The molecule has 0 aliphatic heterocycles. The van der Waals surface area contributed by atoms with Gasteiger partial charge in [0.2, 0.25) is 0 Å². The third-order valence-electron chi connectivity index (χ3n) is 4.89. The van der Waals surface area contributed by atoms with Gasteiger partial charge in [-0.25, -0.2) is 4.68 Å². The first-order valence-corrected chi connectivity index (χ1v) is 10.7. The Morgan fingerprint density at radius 2 is 1.81 bits per heavy atom. The number of nitrogens with one attached hydrogen (secondary N) is 1. The molecule has 0 bridgehead atoms. The highest BCUT2D eigenvalue weighted by molar-refractivity contribution is 6.30. The van der Waals surface area contributed by atoms with Crippen LogP contribution < -0.4 is 10.1 Å². The minimum Gasteiger partial charge on any atom is -0.471 e. The monoisotopic (exact) mass is 469 g/mol. The van der Waals surface area contributed by atoms with E-state index >= 15 is 0 Å². The van der Waals surface area contributed by atoms with Crippen molar-refractivity contribution in [1.29, 1.82) is 0 Å². The van der Waals surface area contributed by atoms with E-state index in [9.17, 15) is 4.79 Å². The molecule has 2 heterocycles. The summed E-state index contributed by atoms with van der Waals surface area (Å²) in [5.74, 6) is 0.345. The van der Waals surface area contributed by atoms with Crippen molar-refractivity contribution in [2.24, 2.45) is 0 Å². The minimum atomic E-state index is -0.316. The average Bonchev–Trinajstić information content (AvgIpc) is 3.34. The number of amides is 1. The summed E-state index contributed by atoms with van der Waals surface area (Å²) in [4.78, 5) is 12.8. The third-order valence-corrected chi connectivity index (χ3v) is 5.38. The lowest BCUT2D eigenvalue weighted by Crippen LogP contribution is -2.15. The number of hydrogen-bond acceptors (Lipinski definition) is 4. The summed E-state index contributed by atoms with van der Waals surface area (Å²) in [6.07, 6.45) is 1.69. The van der Waals surface area contributed by atoms with Crippen LogP contribution >= 0.6 is 23.2 Å². The summed E-state index contributed by atoms with van der Waals surface area (Å²) in [6, 6.07) is 16.3. The van der Waals surface area contributed by atoms with Crippen molar-refractivity contribution < 1.29 is 9.53 Å². The van der Waals surface area contributed by atoms with Crippen molar-refractivity contribution in [3.05, 3.63) is 93.5 Å². The van der Waals surface area contributed by atoms with Gasteiger partial charge in [0, 0.05) is 16.2 Å². The van der Waals surface area contributed by atoms with Crippen LogP contribution in [0.25, 0.3) is 0 Å². The van der Waals surface area contributed by atoms with Gasteiger partial charge < -0.3 is 10.1 Å². The number of anilines is 1. The van der Waals surface area contributed by atoms with E-state index < -0.39 is 0 Å². The number of carbonyl (C=O) groups is 1. The number of rotatable bonds is 7. The predicted molar refractivity (Wildman–Crippen MR) is 125 cm³/mol. The van der Waals surface area contributed by atoms with Crippen LogP contribution in [0.5, 0.6) is 5.75 Å². The van der Waals surface area contributed by atoms with E-state index in [0.717, 1.165) is 17.0 Å². The Labute approximate surface area is 195 Å². The Bertz CT molecular complexity index is 1250. The number of aromatic nitrogens is 4. The standard InChI is InChI=1S/C23H21Cl2N5O2/c1-15-22(16(2)30(27-15)13-17-4-3-5-19(25)12-17)26-23(31)21-10-11-29(28-21)14-32-20-8-6-18(24)7-9-20/h3-12H,13-14H2,1-2H3,(H,26,31). The second-order valence-corrected chi connectivity index (χ2v) is 8.13. The second kappa shape index (κ2) is 9.46. The lowest BCUT2D eigenvalue weighted by molar-refractivity contribution is 0.102. The second-order valence-electron chi connectivity index (χ2n) is 7.26. The molecule has 1 N–H and O–H groups in total. The number of aryl methyl sites for hydroxylation is 1. The van der Waals surface area contributed by atoms with Gasteiger partial charge in [0.1, 0.15) is 5.75 Å². The molecule has 0 fully saturated rings. The third kappa shape index (κ3) is 5.12. The molecule has 0 radical (unpaired) electrons. The molecule has 4 rings (SSSR count). The minimum absolute atomic E-state index is 0.171. The van der Waals surface area contributed by atoms with Crippen molar-refractivity contribution in [2.75, 3.05) is 5.32 Å². The Balaban J connectivity index is 1.41. The quantitative estimate of drug-likeness (QED) is 0.396. The van der Waals surface area contributed by atoms with Gasteiger partial charge >= 0.3 is 0 Å². The van der Waals surface area contributed by atoms with Crippen LogP contribution in [0.4, 0.5) is 5.69 Å². The lowest BCUT2D eigenvalue weighted by Gasteiger charge is -2.07. The molecular formula is C23H21Cl2N5O2. The van der Waals surface area contributed by atoms with Gasteiger partial charge in [-0.3, -0.25) is 9.48 Å². The van der Waals surface area contributed by atoms with Crippen molar-refractivity contribution in [2.45, 2.75) is 27.1 Å². The molecule has 0 atom stereocenters. The summed E-state index contributed by atoms with van der Waals surface area (Å²) in [6.45, 7) is 4.50. The first-order valence-electron chi connectivity index (χ1n) is 9.90.